The van der Waals surface area contributed by atoms with Gasteiger partial charge in [-0.1, -0.05) is 48.5 Å². The van der Waals surface area contributed by atoms with Crippen LogP contribution < -0.4 is 0 Å². The van der Waals surface area contributed by atoms with Gasteiger partial charge in [0.15, 0.2) is 0 Å². The Balaban J connectivity index is 1.98. The van der Waals surface area contributed by atoms with Crippen LogP contribution in [0.4, 0.5) is 0 Å². The number of hydrogen-bond acceptors (Lipinski definition) is 1. The highest BCUT2D eigenvalue weighted by molar-refractivity contribution is 5.37. The molecule has 0 aromatic heterocycles. The van der Waals surface area contributed by atoms with Gasteiger partial charge in [-0.05, 0) is 48.4 Å². The van der Waals surface area contributed by atoms with Gasteiger partial charge < -0.3 is 5.11 Å². The highest BCUT2D eigenvalue weighted by atomic mass is 16.3. The molecule has 1 N–H and O–H groups in total. The molecule has 0 saturated heterocycles. The van der Waals surface area contributed by atoms with Crippen molar-refractivity contribution >= 4 is 0 Å². The van der Waals surface area contributed by atoms with Gasteiger partial charge in [0, 0.05) is 5.92 Å². The second kappa shape index (κ2) is 5.18. The van der Waals surface area contributed by atoms with E-state index < -0.39 is 0 Å². The van der Waals surface area contributed by atoms with E-state index in [1.165, 1.54) is 23.1 Å². The van der Waals surface area contributed by atoms with Crippen molar-refractivity contribution < 1.29 is 5.11 Å². The predicted octanol–water partition coefficient (Wildman–Crippen LogP) is 4.15. The molecule has 1 aliphatic carbocycles. The normalized spacial score (nSPS) is 19.8. The Morgan fingerprint density at radius 1 is 1.05 bits per heavy atom. The molecule has 2 unspecified atom stereocenters. The summed E-state index contributed by atoms with van der Waals surface area (Å²) in [7, 11) is 0. The minimum absolute atomic E-state index is 0.242. The third kappa shape index (κ3) is 2.31. The lowest BCUT2D eigenvalue weighted by Crippen LogP contribution is -2.17. The number of benzene rings is 2. The van der Waals surface area contributed by atoms with Crippen LogP contribution in [0.1, 0.15) is 47.1 Å². The maximum absolute atomic E-state index is 10.8. The summed E-state index contributed by atoms with van der Waals surface area (Å²) < 4.78 is 0. The molecule has 3 rings (SSSR count). The van der Waals surface area contributed by atoms with Gasteiger partial charge in [-0.15, -0.1) is 0 Å². The zero-order valence-corrected chi connectivity index (χ0v) is 11.3. The minimum atomic E-state index is -0.386. The molecule has 98 valence electrons. The minimum Gasteiger partial charge on any atom is -0.388 e. The molecule has 1 nitrogen and oxygen atoms in total. The Morgan fingerprint density at radius 3 is 2.63 bits per heavy atom. The lowest BCUT2D eigenvalue weighted by atomic mass is 9.77. The largest absolute Gasteiger partial charge is 0.388 e. The SMILES string of the molecule is Cc1ccccc1C(O)C1CCCc2ccccc21. The van der Waals surface area contributed by atoms with Crippen LogP contribution in [0.3, 0.4) is 0 Å². The van der Waals surface area contributed by atoms with Crippen LogP contribution in [-0.4, -0.2) is 5.11 Å². The lowest BCUT2D eigenvalue weighted by molar-refractivity contribution is 0.135. The summed E-state index contributed by atoms with van der Waals surface area (Å²) in [6.45, 7) is 2.08. The first-order chi connectivity index (χ1) is 9.27. The van der Waals surface area contributed by atoms with Crippen LogP contribution in [0.5, 0.6) is 0 Å². The van der Waals surface area contributed by atoms with Crippen molar-refractivity contribution in [3.63, 3.8) is 0 Å². The first-order valence-electron chi connectivity index (χ1n) is 7.09. The summed E-state index contributed by atoms with van der Waals surface area (Å²) in [6, 6.07) is 16.7. The van der Waals surface area contributed by atoms with Gasteiger partial charge in [-0.25, -0.2) is 0 Å². The van der Waals surface area contributed by atoms with Gasteiger partial charge in [0.2, 0.25) is 0 Å². The molecule has 2 atom stereocenters. The molecule has 0 bridgehead atoms. The van der Waals surface area contributed by atoms with Crippen molar-refractivity contribution in [3.05, 3.63) is 70.8 Å². The lowest BCUT2D eigenvalue weighted by Gasteiger charge is -2.30. The van der Waals surface area contributed by atoms with Crippen molar-refractivity contribution in [2.45, 2.75) is 38.2 Å². The standard InChI is InChI=1S/C18H20O/c1-13-7-2-4-10-15(13)18(19)17-12-6-9-14-8-3-5-11-16(14)17/h2-5,7-8,10-11,17-19H,6,9,12H2,1H3. The molecule has 0 aliphatic heterocycles. The summed E-state index contributed by atoms with van der Waals surface area (Å²) in [5.74, 6) is 0.242. The summed E-state index contributed by atoms with van der Waals surface area (Å²) >= 11 is 0. The fraction of sp³-hybridized carbons (Fsp3) is 0.333. The van der Waals surface area contributed by atoms with Crippen LogP contribution in [-0.2, 0) is 6.42 Å². The van der Waals surface area contributed by atoms with Gasteiger partial charge in [-0.3, -0.25) is 0 Å². The van der Waals surface area contributed by atoms with Crippen molar-refractivity contribution in [1.29, 1.82) is 0 Å². The third-order valence-electron chi connectivity index (χ3n) is 4.30. The molecule has 1 aliphatic rings. The molecular weight excluding hydrogens is 232 g/mol. The average Bonchev–Trinajstić information content (AvgIpc) is 2.46. The molecule has 0 saturated carbocycles. The Morgan fingerprint density at radius 2 is 1.79 bits per heavy atom. The Hall–Kier alpha value is -1.60. The van der Waals surface area contributed by atoms with Crippen LogP contribution in [0.25, 0.3) is 0 Å². The predicted molar refractivity (Wildman–Crippen MR) is 78.3 cm³/mol. The van der Waals surface area contributed by atoms with E-state index in [0.29, 0.717) is 0 Å². The average molecular weight is 252 g/mol. The molecule has 0 fully saturated rings. The maximum atomic E-state index is 10.8. The van der Waals surface area contributed by atoms with Crippen LogP contribution >= 0.6 is 0 Å². The molecule has 0 amide bonds. The van der Waals surface area contributed by atoms with E-state index in [1.54, 1.807) is 0 Å². The number of aryl methyl sites for hydroxylation is 2. The van der Waals surface area contributed by atoms with Gasteiger partial charge in [0.1, 0.15) is 0 Å². The van der Waals surface area contributed by atoms with E-state index in [4.69, 9.17) is 0 Å². The monoisotopic (exact) mass is 252 g/mol. The molecule has 2 aromatic carbocycles. The fourth-order valence-electron chi connectivity index (χ4n) is 3.25. The van der Waals surface area contributed by atoms with E-state index in [2.05, 4.69) is 43.3 Å². The molecule has 0 spiro atoms. The van der Waals surface area contributed by atoms with Crippen LogP contribution in [0.15, 0.2) is 48.5 Å². The summed E-state index contributed by atoms with van der Waals surface area (Å²) in [5, 5.41) is 10.8. The van der Waals surface area contributed by atoms with E-state index in [-0.39, 0.29) is 12.0 Å². The van der Waals surface area contributed by atoms with E-state index >= 15 is 0 Å². The molecular formula is C18H20O. The van der Waals surface area contributed by atoms with Gasteiger partial charge in [-0.2, -0.15) is 0 Å². The van der Waals surface area contributed by atoms with Crippen molar-refractivity contribution in [1.82, 2.24) is 0 Å². The van der Waals surface area contributed by atoms with Gasteiger partial charge in [0.25, 0.3) is 0 Å². The molecule has 0 heterocycles. The van der Waals surface area contributed by atoms with Crippen LogP contribution in [0, 0.1) is 6.92 Å². The van der Waals surface area contributed by atoms with E-state index in [1.807, 2.05) is 12.1 Å². The summed E-state index contributed by atoms with van der Waals surface area (Å²) in [5.41, 5.74) is 5.00. The number of rotatable bonds is 2. The third-order valence-corrected chi connectivity index (χ3v) is 4.30. The number of aliphatic hydroxyl groups excluding tert-OH is 1. The second-order valence-electron chi connectivity index (χ2n) is 5.50. The number of aliphatic hydroxyl groups is 1. The van der Waals surface area contributed by atoms with Crippen molar-refractivity contribution in [2.75, 3.05) is 0 Å². The number of fused-ring (bicyclic) bond motifs is 1. The smallest absolute Gasteiger partial charge is 0.0861 e. The van der Waals surface area contributed by atoms with Crippen molar-refractivity contribution in [2.24, 2.45) is 0 Å². The fourth-order valence-corrected chi connectivity index (χ4v) is 3.25. The van der Waals surface area contributed by atoms with Crippen molar-refractivity contribution in [3.8, 4) is 0 Å². The Bertz CT molecular complexity index is 573. The van der Waals surface area contributed by atoms with Crippen LogP contribution in [0.2, 0.25) is 0 Å². The quantitative estimate of drug-likeness (QED) is 0.851. The Labute approximate surface area is 114 Å². The second-order valence-corrected chi connectivity index (χ2v) is 5.50. The highest BCUT2D eigenvalue weighted by Crippen LogP contribution is 2.40. The summed E-state index contributed by atoms with van der Waals surface area (Å²) in [4.78, 5) is 0. The highest BCUT2D eigenvalue weighted by Gasteiger charge is 2.27. The maximum Gasteiger partial charge on any atom is 0.0861 e. The van der Waals surface area contributed by atoms with Gasteiger partial charge in [0.05, 0.1) is 6.10 Å². The molecule has 0 radical (unpaired) electrons. The van der Waals surface area contributed by atoms with E-state index in [0.717, 1.165) is 18.4 Å². The molecule has 2 aromatic rings. The zero-order valence-electron chi connectivity index (χ0n) is 11.3. The first kappa shape index (κ1) is 12.4. The first-order valence-corrected chi connectivity index (χ1v) is 7.09. The zero-order chi connectivity index (χ0) is 13.2. The molecule has 1 heteroatoms. The topological polar surface area (TPSA) is 20.2 Å². The Kier molecular flexibility index (Phi) is 3.39. The number of hydrogen-bond donors (Lipinski definition) is 1. The van der Waals surface area contributed by atoms with Gasteiger partial charge >= 0.3 is 0 Å². The molecule has 19 heavy (non-hydrogen) atoms. The summed E-state index contributed by atoms with van der Waals surface area (Å²) in [6.07, 6.45) is 3.01. The van der Waals surface area contributed by atoms with E-state index in [9.17, 15) is 5.11 Å².